The highest BCUT2D eigenvalue weighted by Crippen LogP contribution is 2.29. The first-order valence-corrected chi connectivity index (χ1v) is 11.1. The quantitative estimate of drug-likeness (QED) is 0.515. The predicted octanol–water partition coefficient (Wildman–Crippen LogP) is 2.44. The molecule has 0 saturated carbocycles. The molecule has 0 spiro atoms. The summed E-state index contributed by atoms with van der Waals surface area (Å²) in [6.45, 7) is 4.03. The highest BCUT2D eigenvalue weighted by molar-refractivity contribution is 6.23. The van der Waals surface area contributed by atoms with E-state index in [1.165, 1.54) is 36.4 Å². The van der Waals surface area contributed by atoms with Gasteiger partial charge in [-0.05, 0) is 37.3 Å². The number of aromatic carboxylic acids is 1. The van der Waals surface area contributed by atoms with Gasteiger partial charge in [0, 0.05) is 37.8 Å². The van der Waals surface area contributed by atoms with E-state index in [1.54, 1.807) is 6.07 Å². The summed E-state index contributed by atoms with van der Waals surface area (Å²) in [5, 5.41) is 15.4. The average molecular weight is 486 g/mol. The van der Waals surface area contributed by atoms with Crippen molar-refractivity contribution in [1.29, 1.82) is 0 Å². The number of carboxylic acid groups (broad SMARTS) is 1. The van der Waals surface area contributed by atoms with Crippen LogP contribution in [0.2, 0.25) is 0 Å². The van der Waals surface area contributed by atoms with Gasteiger partial charge < -0.3 is 20.6 Å². The lowest BCUT2D eigenvalue weighted by Gasteiger charge is -2.34. The van der Waals surface area contributed by atoms with Crippen molar-refractivity contribution in [2.24, 2.45) is 0 Å². The van der Waals surface area contributed by atoms with Crippen molar-refractivity contribution in [3.63, 3.8) is 0 Å². The Bertz CT molecular complexity index is 1150. The van der Waals surface area contributed by atoms with Crippen LogP contribution in [0.5, 0.6) is 0 Å². The lowest BCUT2D eigenvalue weighted by Crippen LogP contribution is -2.49. The second-order valence-electron chi connectivity index (χ2n) is 8.49. The molecule has 2 aliphatic heterocycles. The molecule has 0 aliphatic carbocycles. The Morgan fingerprint density at radius 3 is 2.37 bits per heavy atom. The number of rotatable bonds is 7. The molecular formula is C24H24F2N4O5. The monoisotopic (exact) mass is 486 g/mol. The van der Waals surface area contributed by atoms with Gasteiger partial charge in [-0.1, -0.05) is 12.1 Å². The largest absolute Gasteiger partial charge is 0.478 e. The van der Waals surface area contributed by atoms with Gasteiger partial charge in [0.05, 0.1) is 22.4 Å². The first kappa shape index (κ1) is 24.3. The SMILES string of the molecule is C[C@H]1CN(c2ccc(NC(=O)[C@H](CC(F)F)N3C(=O)c4ccccc4C3=O)c(C(=O)O)c2)CCN1. The summed E-state index contributed by atoms with van der Waals surface area (Å²) in [4.78, 5) is 53.1. The van der Waals surface area contributed by atoms with Gasteiger partial charge in [-0.25, -0.2) is 13.6 Å². The fraction of sp³-hybridized carbons (Fsp3) is 0.333. The summed E-state index contributed by atoms with van der Waals surface area (Å²) >= 11 is 0. The zero-order valence-corrected chi connectivity index (χ0v) is 18.8. The van der Waals surface area contributed by atoms with Gasteiger partial charge in [0.2, 0.25) is 12.3 Å². The Balaban J connectivity index is 1.61. The Hall–Kier alpha value is -3.86. The van der Waals surface area contributed by atoms with E-state index in [0.717, 1.165) is 6.54 Å². The second-order valence-corrected chi connectivity index (χ2v) is 8.49. The Labute approximate surface area is 199 Å². The van der Waals surface area contributed by atoms with E-state index in [2.05, 4.69) is 10.6 Å². The number of benzene rings is 2. The maximum Gasteiger partial charge on any atom is 0.337 e. The number of hydrogen-bond acceptors (Lipinski definition) is 6. The van der Waals surface area contributed by atoms with E-state index in [-0.39, 0.29) is 28.4 Å². The summed E-state index contributed by atoms with van der Waals surface area (Å²) in [6.07, 6.45) is -4.08. The van der Waals surface area contributed by atoms with Crippen molar-refractivity contribution < 1.29 is 33.1 Å². The van der Waals surface area contributed by atoms with E-state index < -0.39 is 42.6 Å². The standard InChI is InChI=1S/C24H24F2N4O5/c1-13-12-29(9-8-27-13)14-6-7-18(17(10-14)24(34)35)28-21(31)19(11-20(25)26)30-22(32)15-4-2-3-5-16(15)23(30)33/h2-7,10,13,19-20,27H,8-9,11-12H2,1H3,(H,28,31)(H,34,35)/t13-,19-/m0/s1. The number of carboxylic acids is 1. The number of carbonyl (C=O) groups is 4. The van der Waals surface area contributed by atoms with Crippen LogP contribution in [-0.4, -0.2) is 71.8 Å². The van der Waals surface area contributed by atoms with Gasteiger partial charge in [-0.2, -0.15) is 0 Å². The number of nitrogens with one attached hydrogen (secondary N) is 2. The van der Waals surface area contributed by atoms with Gasteiger partial charge in [-0.15, -0.1) is 0 Å². The predicted molar refractivity (Wildman–Crippen MR) is 123 cm³/mol. The number of carbonyl (C=O) groups excluding carboxylic acids is 3. The third-order valence-electron chi connectivity index (χ3n) is 6.07. The molecule has 2 aliphatic rings. The number of halogens is 2. The van der Waals surface area contributed by atoms with Crippen LogP contribution < -0.4 is 15.5 Å². The summed E-state index contributed by atoms with van der Waals surface area (Å²) in [5.41, 5.74) is 0.319. The number of nitrogens with zero attached hydrogens (tertiary/aromatic N) is 2. The van der Waals surface area contributed by atoms with Crippen molar-refractivity contribution >= 4 is 35.1 Å². The average Bonchev–Trinajstić information content (AvgIpc) is 3.07. The van der Waals surface area contributed by atoms with Crippen LogP contribution in [0.4, 0.5) is 20.2 Å². The van der Waals surface area contributed by atoms with Crippen LogP contribution in [0.25, 0.3) is 0 Å². The van der Waals surface area contributed by atoms with Crippen LogP contribution >= 0.6 is 0 Å². The molecule has 0 aromatic heterocycles. The number of imide groups is 1. The van der Waals surface area contributed by atoms with Gasteiger partial charge in [0.1, 0.15) is 6.04 Å². The van der Waals surface area contributed by atoms with Gasteiger partial charge in [0.15, 0.2) is 0 Å². The van der Waals surface area contributed by atoms with E-state index in [1.807, 2.05) is 11.8 Å². The molecule has 2 heterocycles. The molecule has 35 heavy (non-hydrogen) atoms. The molecule has 2 aromatic rings. The molecule has 0 unspecified atom stereocenters. The zero-order valence-electron chi connectivity index (χ0n) is 18.8. The number of fused-ring (bicyclic) bond motifs is 1. The van der Waals surface area contributed by atoms with Crippen LogP contribution in [0, 0.1) is 0 Å². The second kappa shape index (κ2) is 9.79. The van der Waals surface area contributed by atoms with Crippen molar-refractivity contribution in [2.75, 3.05) is 29.9 Å². The molecule has 11 heteroatoms. The molecular weight excluding hydrogens is 462 g/mol. The zero-order chi connectivity index (χ0) is 25.3. The Kier molecular flexibility index (Phi) is 6.79. The molecule has 9 nitrogen and oxygen atoms in total. The highest BCUT2D eigenvalue weighted by Gasteiger charge is 2.43. The van der Waals surface area contributed by atoms with Gasteiger partial charge in [-0.3, -0.25) is 19.3 Å². The molecule has 3 N–H and O–H groups in total. The fourth-order valence-electron chi connectivity index (χ4n) is 4.39. The van der Waals surface area contributed by atoms with Crippen LogP contribution in [-0.2, 0) is 4.79 Å². The minimum absolute atomic E-state index is 0.0189. The molecule has 0 radical (unpaired) electrons. The molecule has 1 fully saturated rings. The summed E-state index contributed by atoms with van der Waals surface area (Å²) in [5.74, 6) is -4.11. The van der Waals surface area contributed by atoms with Gasteiger partial charge in [0.25, 0.3) is 11.8 Å². The number of alkyl halides is 2. The number of hydrogen-bond donors (Lipinski definition) is 3. The molecule has 1 saturated heterocycles. The van der Waals surface area contributed by atoms with Crippen molar-refractivity contribution in [1.82, 2.24) is 10.2 Å². The summed E-state index contributed by atoms with van der Waals surface area (Å²) in [7, 11) is 0. The lowest BCUT2D eigenvalue weighted by molar-refractivity contribution is -0.121. The normalized spacial score (nSPS) is 18.6. The van der Waals surface area contributed by atoms with Crippen LogP contribution in [0.3, 0.4) is 0 Å². The molecule has 3 amide bonds. The van der Waals surface area contributed by atoms with E-state index in [0.29, 0.717) is 23.7 Å². The Morgan fingerprint density at radius 1 is 1.14 bits per heavy atom. The molecule has 4 rings (SSSR count). The van der Waals surface area contributed by atoms with Crippen molar-refractivity contribution in [3.8, 4) is 0 Å². The highest BCUT2D eigenvalue weighted by atomic mass is 19.3. The van der Waals surface area contributed by atoms with Crippen molar-refractivity contribution in [3.05, 3.63) is 59.2 Å². The molecule has 184 valence electrons. The van der Waals surface area contributed by atoms with Gasteiger partial charge >= 0.3 is 5.97 Å². The third-order valence-corrected chi connectivity index (χ3v) is 6.07. The third kappa shape index (κ3) is 4.85. The van der Waals surface area contributed by atoms with E-state index >= 15 is 0 Å². The first-order chi connectivity index (χ1) is 16.7. The lowest BCUT2D eigenvalue weighted by atomic mass is 10.1. The van der Waals surface area contributed by atoms with E-state index in [9.17, 15) is 33.1 Å². The number of piperazine rings is 1. The molecule has 2 atom stereocenters. The fourth-order valence-corrected chi connectivity index (χ4v) is 4.39. The number of anilines is 2. The maximum absolute atomic E-state index is 13.4. The Morgan fingerprint density at radius 2 is 1.80 bits per heavy atom. The first-order valence-electron chi connectivity index (χ1n) is 11.1. The smallest absolute Gasteiger partial charge is 0.337 e. The number of amides is 3. The minimum Gasteiger partial charge on any atom is -0.478 e. The van der Waals surface area contributed by atoms with Crippen LogP contribution in [0.1, 0.15) is 44.4 Å². The minimum atomic E-state index is -2.99. The van der Waals surface area contributed by atoms with Crippen LogP contribution in [0.15, 0.2) is 42.5 Å². The maximum atomic E-state index is 13.4. The van der Waals surface area contributed by atoms with E-state index in [4.69, 9.17) is 0 Å². The molecule has 0 bridgehead atoms. The van der Waals surface area contributed by atoms with Crippen molar-refractivity contribution in [2.45, 2.75) is 31.9 Å². The summed E-state index contributed by atoms with van der Waals surface area (Å²) < 4.78 is 26.8. The molecule has 2 aromatic carbocycles. The summed E-state index contributed by atoms with van der Waals surface area (Å²) in [6, 6.07) is 8.60. The topological polar surface area (TPSA) is 119 Å².